The first-order chi connectivity index (χ1) is 12.6. The lowest BCUT2D eigenvalue weighted by Gasteiger charge is -2.47. The highest BCUT2D eigenvalue weighted by Gasteiger charge is 2.46. The molecule has 0 aromatic heterocycles. The van der Waals surface area contributed by atoms with Crippen LogP contribution in [0.2, 0.25) is 0 Å². The molecule has 26 heavy (non-hydrogen) atoms. The summed E-state index contributed by atoms with van der Waals surface area (Å²) in [4.78, 5) is 13.5. The minimum atomic E-state index is -0.611. The van der Waals surface area contributed by atoms with Gasteiger partial charge >= 0.3 is 0 Å². The highest BCUT2D eigenvalue weighted by molar-refractivity contribution is 5.88. The van der Waals surface area contributed by atoms with Gasteiger partial charge in [-0.3, -0.25) is 4.79 Å². The highest BCUT2D eigenvalue weighted by Crippen LogP contribution is 2.41. The van der Waals surface area contributed by atoms with E-state index in [-0.39, 0.29) is 23.8 Å². The molecule has 1 heterocycles. The maximum Gasteiger partial charge on any atom is 0.231 e. The van der Waals surface area contributed by atoms with E-state index in [0.29, 0.717) is 37.9 Å². The summed E-state index contributed by atoms with van der Waals surface area (Å²) in [7, 11) is 0. The number of nitrogens with one attached hydrogen (secondary N) is 1. The number of amides is 1. The van der Waals surface area contributed by atoms with Gasteiger partial charge in [0.05, 0.1) is 5.41 Å². The molecule has 4 nitrogen and oxygen atoms in total. The number of nitrogens with two attached hydrogens (primary N) is 1. The molecule has 0 radical (unpaired) electrons. The Balaban J connectivity index is 1.58. The molecular formula is C21H29FN2O2. The maximum absolute atomic E-state index is 13.5. The molecule has 3 fully saturated rings. The largest absolute Gasteiger partial charge is 0.381 e. The Labute approximate surface area is 154 Å². The number of hydrogen-bond acceptors (Lipinski definition) is 3. The molecule has 2 saturated carbocycles. The number of carbonyl (C=O) groups excluding carboxylic acids is 1. The molecule has 2 bridgehead atoms. The van der Waals surface area contributed by atoms with E-state index >= 15 is 0 Å². The van der Waals surface area contributed by atoms with Crippen LogP contribution in [-0.2, 0) is 14.9 Å². The molecule has 2 unspecified atom stereocenters. The number of ether oxygens (including phenoxy) is 1. The third-order valence-electron chi connectivity index (χ3n) is 6.85. The third kappa shape index (κ3) is 3.27. The van der Waals surface area contributed by atoms with Crippen molar-refractivity contribution in [2.24, 2.45) is 17.6 Å². The molecule has 2 atom stereocenters. The van der Waals surface area contributed by atoms with Crippen LogP contribution in [0.25, 0.3) is 0 Å². The number of halogens is 1. The molecule has 4 rings (SSSR count). The third-order valence-corrected chi connectivity index (χ3v) is 6.85. The standard InChI is InChI=1S/C21H29FN2O2/c22-17-6-4-16(5-7-17)21(8-10-26-11-9-21)20(25)24-19-14-2-1-3-15(19)13-18(23)12-14/h4-7,14-15,18-19H,1-3,8-13,23H2,(H,24,25). The zero-order chi connectivity index (χ0) is 18.1. The van der Waals surface area contributed by atoms with Crippen LogP contribution in [-0.4, -0.2) is 31.2 Å². The minimum absolute atomic E-state index is 0.0878. The van der Waals surface area contributed by atoms with Gasteiger partial charge in [-0.2, -0.15) is 0 Å². The Morgan fingerprint density at radius 1 is 1.12 bits per heavy atom. The van der Waals surface area contributed by atoms with Gasteiger partial charge in [0.15, 0.2) is 0 Å². The summed E-state index contributed by atoms with van der Waals surface area (Å²) >= 11 is 0. The van der Waals surface area contributed by atoms with Crippen molar-refractivity contribution in [2.45, 2.75) is 62.4 Å². The number of carbonyl (C=O) groups is 1. The van der Waals surface area contributed by atoms with Crippen LogP contribution in [0.15, 0.2) is 24.3 Å². The number of hydrogen-bond donors (Lipinski definition) is 2. The predicted molar refractivity (Wildman–Crippen MR) is 98.1 cm³/mol. The summed E-state index contributed by atoms with van der Waals surface area (Å²) in [5.41, 5.74) is 6.52. The molecule has 142 valence electrons. The minimum Gasteiger partial charge on any atom is -0.381 e. The molecule has 3 N–H and O–H groups in total. The van der Waals surface area contributed by atoms with E-state index in [2.05, 4.69) is 5.32 Å². The average molecular weight is 360 g/mol. The molecule has 1 amide bonds. The SMILES string of the molecule is NC1CC2CCCC(C1)C2NC(=O)C1(c2ccc(F)cc2)CCOCC1. The molecule has 1 aliphatic heterocycles. The van der Waals surface area contributed by atoms with Crippen LogP contribution < -0.4 is 11.1 Å². The molecule has 0 spiro atoms. The molecule has 3 aliphatic rings. The first kappa shape index (κ1) is 17.9. The smallest absolute Gasteiger partial charge is 0.231 e. The van der Waals surface area contributed by atoms with Crippen molar-refractivity contribution in [3.05, 3.63) is 35.6 Å². The van der Waals surface area contributed by atoms with Gasteiger partial charge in [-0.1, -0.05) is 18.6 Å². The summed E-state index contributed by atoms with van der Waals surface area (Å²) < 4.78 is 18.9. The van der Waals surface area contributed by atoms with E-state index in [1.165, 1.54) is 18.6 Å². The first-order valence-corrected chi connectivity index (χ1v) is 9.99. The molecule has 1 aromatic rings. The second-order valence-electron chi connectivity index (χ2n) is 8.38. The van der Waals surface area contributed by atoms with Gasteiger partial charge in [0.25, 0.3) is 0 Å². The Bertz CT molecular complexity index is 628. The zero-order valence-corrected chi connectivity index (χ0v) is 15.3. The first-order valence-electron chi connectivity index (χ1n) is 9.99. The fraction of sp³-hybridized carbons (Fsp3) is 0.667. The van der Waals surface area contributed by atoms with Crippen molar-refractivity contribution >= 4 is 5.91 Å². The second-order valence-corrected chi connectivity index (χ2v) is 8.38. The van der Waals surface area contributed by atoms with Gasteiger partial charge < -0.3 is 15.8 Å². The zero-order valence-electron chi connectivity index (χ0n) is 15.3. The Hall–Kier alpha value is -1.46. The van der Waals surface area contributed by atoms with Crippen molar-refractivity contribution in [3.8, 4) is 0 Å². The molecule has 1 aromatic carbocycles. The van der Waals surface area contributed by atoms with Gasteiger partial charge in [0.2, 0.25) is 5.91 Å². The fourth-order valence-electron chi connectivity index (χ4n) is 5.45. The van der Waals surface area contributed by atoms with E-state index in [4.69, 9.17) is 10.5 Å². The summed E-state index contributed by atoms with van der Waals surface area (Å²) in [6.45, 7) is 1.13. The van der Waals surface area contributed by atoms with Gasteiger partial charge in [0.1, 0.15) is 5.82 Å². The molecule has 5 heteroatoms. The van der Waals surface area contributed by atoms with Gasteiger partial charge in [-0.05, 0) is 68.1 Å². The summed E-state index contributed by atoms with van der Waals surface area (Å²) in [6.07, 6.45) is 6.86. The Morgan fingerprint density at radius 2 is 1.73 bits per heavy atom. The molecule has 2 aliphatic carbocycles. The summed E-state index contributed by atoms with van der Waals surface area (Å²) in [5, 5.41) is 3.42. The molecular weight excluding hydrogens is 331 g/mol. The lowest BCUT2D eigenvalue weighted by molar-refractivity contribution is -0.133. The van der Waals surface area contributed by atoms with Crippen LogP contribution in [0.5, 0.6) is 0 Å². The van der Waals surface area contributed by atoms with Crippen molar-refractivity contribution < 1.29 is 13.9 Å². The fourth-order valence-corrected chi connectivity index (χ4v) is 5.45. The van der Waals surface area contributed by atoms with Crippen molar-refractivity contribution in [1.82, 2.24) is 5.32 Å². The van der Waals surface area contributed by atoms with E-state index < -0.39 is 5.41 Å². The Kier molecular flexibility index (Phi) is 5.02. The monoisotopic (exact) mass is 360 g/mol. The van der Waals surface area contributed by atoms with E-state index in [0.717, 1.165) is 31.2 Å². The van der Waals surface area contributed by atoms with Crippen LogP contribution >= 0.6 is 0 Å². The quantitative estimate of drug-likeness (QED) is 0.871. The van der Waals surface area contributed by atoms with Gasteiger partial charge in [0, 0.05) is 25.3 Å². The number of rotatable bonds is 3. The van der Waals surface area contributed by atoms with Gasteiger partial charge in [-0.25, -0.2) is 4.39 Å². The lowest BCUT2D eigenvalue weighted by Crippen LogP contribution is -2.58. The van der Waals surface area contributed by atoms with Crippen molar-refractivity contribution in [1.29, 1.82) is 0 Å². The Morgan fingerprint density at radius 3 is 2.35 bits per heavy atom. The van der Waals surface area contributed by atoms with Crippen LogP contribution in [0.1, 0.15) is 50.5 Å². The predicted octanol–water partition coefficient (Wildman–Crippen LogP) is 2.90. The maximum atomic E-state index is 13.5. The van der Waals surface area contributed by atoms with Crippen LogP contribution in [0.3, 0.4) is 0 Å². The second kappa shape index (κ2) is 7.28. The average Bonchev–Trinajstić information content (AvgIpc) is 2.63. The van der Waals surface area contributed by atoms with E-state index in [9.17, 15) is 9.18 Å². The normalized spacial score (nSPS) is 33.5. The highest BCUT2D eigenvalue weighted by atomic mass is 19.1. The number of fused-ring (bicyclic) bond motifs is 2. The summed E-state index contributed by atoms with van der Waals surface area (Å²) in [6, 6.07) is 6.93. The van der Waals surface area contributed by atoms with Crippen molar-refractivity contribution in [2.75, 3.05) is 13.2 Å². The topological polar surface area (TPSA) is 64.3 Å². The van der Waals surface area contributed by atoms with Crippen molar-refractivity contribution in [3.63, 3.8) is 0 Å². The van der Waals surface area contributed by atoms with Crippen LogP contribution in [0, 0.1) is 17.7 Å². The lowest BCUT2D eigenvalue weighted by atomic mass is 9.66. The van der Waals surface area contributed by atoms with E-state index in [1.807, 2.05) is 0 Å². The van der Waals surface area contributed by atoms with Gasteiger partial charge in [-0.15, -0.1) is 0 Å². The molecule has 1 saturated heterocycles. The number of benzene rings is 1. The van der Waals surface area contributed by atoms with Crippen LogP contribution in [0.4, 0.5) is 4.39 Å². The summed E-state index contributed by atoms with van der Waals surface area (Å²) in [5.74, 6) is 0.801. The van der Waals surface area contributed by atoms with E-state index in [1.54, 1.807) is 12.1 Å².